The third-order valence-corrected chi connectivity index (χ3v) is 8.56. The highest BCUT2D eigenvalue weighted by molar-refractivity contribution is 7.92. The van der Waals surface area contributed by atoms with Crippen molar-refractivity contribution in [3.05, 3.63) is 94.5 Å². The lowest BCUT2D eigenvalue weighted by atomic mass is 10.1. The molecule has 2 amide bonds. The van der Waals surface area contributed by atoms with Gasteiger partial charge in [-0.3, -0.25) is 13.9 Å². The number of rotatable bonds is 12. The Bertz CT molecular complexity index is 1380. The summed E-state index contributed by atoms with van der Waals surface area (Å²) in [6.45, 7) is 7.49. The standard InChI is InChI=1S/C30H36ClN3O4S/c1-5-27(30(36)32-6-2)33(19-18-24-10-8-7-9-11-24)29(35)21-34(28-20-25(31)15-14-23(28)4)39(37,38)26-16-12-22(3)13-17-26/h7-17,20,27H,5-6,18-19,21H2,1-4H3,(H,32,36)/t27-/m0/s1. The predicted octanol–water partition coefficient (Wildman–Crippen LogP) is 5.14. The Morgan fingerprint density at radius 3 is 2.23 bits per heavy atom. The Kier molecular flexibility index (Phi) is 10.5. The third-order valence-electron chi connectivity index (χ3n) is 6.55. The number of sulfonamides is 1. The summed E-state index contributed by atoms with van der Waals surface area (Å²) in [4.78, 5) is 28.5. The summed E-state index contributed by atoms with van der Waals surface area (Å²) >= 11 is 6.27. The summed E-state index contributed by atoms with van der Waals surface area (Å²) in [5.41, 5.74) is 2.88. The predicted molar refractivity (Wildman–Crippen MR) is 157 cm³/mol. The number of carbonyl (C=O) groups excluding carboxylic acids is 2. The van der Waals surface area contributed by atoms with E-state index in [1.165, 1.54) is 17.0 Å². The van der Waals surface area contributed by atoms with Crippen LogP contribution >= 0.6 is 11.6 Å². The first-order valence-corrected chi connectivity index (χ1v) is 14.9. The first-order valence-electron chi connectivity index (χ1n) is 13.0. The molecule has 39 heavy (non-hydrogen) atoms. The van der Waals surface area contributed by atoms with Gasteiger partial charge in [0.2, 0.25) is 11.8 Å². The molecule has 0 saturated carbocycles. The fourth-order valence-corrected chi connectivity index (χ4v) is 6.03. The van der Waals surface area contributed by atoms with Gasteiger partial charge in [-0.2, -0.15) is 0 Å². The van der Waals surface area contributed by atoms with Gasteiger partial charge in [0, 0.05) is 18.1 Å². The molecule has 7 nitrogen and oxygen atoms in total. The van der Waals surface area contributed by atoms with E-state index in [0.717, 1.165) is 15.4 Å². The number of likely N-dealkylation sites (N-methyl/N-ethyl adjacent to an activating group) is 1. The van der Waals surface area contributed by atoms with Gasteiger partial charge in [-0.25, -0.2) is 8.42 Å². The van der Waals surface area contributed by atoms with Crippen LogP contribution in [0.4, 0.5) is 5.69 Å². The maximum absolute atomic E-state index is 14.0. The van der Waals surface area contributed by atoms with Gasteiger partial charge in [-0.1, -0.05) is 72.6 Å². The van der Waals surface area contributed by atoms with E-state index in [9.17, 15) is 18.0 Å². The molecule has 0 heterocycles. The summed E-state index contributed by atoms with van der Waals surface area (Å²) in [7, 11) is -4.14. The molecular weight excluding hydrogens is 534 g/mol. The van der Waals surface area contributed by atoms with Crippen molar-refractivity contribution < 1.29 is 18.0 Å². The van der Waals surface area contributed by atoms with Crippen LogP contribution in [0.25, 0.3) is 0 Å². The number of amides is 2. The minimum atomic E-state index is -4.14. The fraction of sp³-hybridized carbons (Fsp3) is 0.333. The molecule has 0 unspecified atom stereocenters. The van der Waals surface area contributed by atoms with E-state index in [0.29, 0.717) is 35.7 Å². The number of benzene rings is 3. The van der Waals surface area contributed by atoms with E-state index in [1.807, 2.05) is 51.1 Å². The Hall–Kier alpha value is -3.36. The summed E-state index contributed by atoms with van der Waals surface area (Å²) < 4.78 is 29.0. The molecule has 208 valence electrons. The minimum absolute atomic E-state index is 0.0619. The zero-order valence-corrected chi connectivity index (χ0v) is 24.4. The van der Waals surface area contributed by atoms with Crippen LogP contribution in [0.15, 0.2) is 77.7 Å². The van der Waals surface area contributed by atoms with Gasteiger partial charge in [0.15, 0.2) is 0 Å². The van der Waals surface area contributed by atoms with Gasteiger partial charge in [0.05, 0.1) is 10.6 Å². The molecule has 3 aromatic carbocycles. The Morgan fingerprint density at radius 1 is 0.949 bits per heavy atom. The lowest BCUT2D eigenvalue weighted by molar-refractivity contribution is -0.139. The molecule has 0 fully saturated rings. The summed E-state index contributed by atoms with van der Waals surface area (Å²) in [6.07, 6.45) is 0.899. The molecule has 1 atom stereocenters. The highest BCUT2D eigenvalue weighted by Gasteiger charge is 2.34. The number of aryl methyl sites for hydroxylation is 2. The molecule has 3 aromatic rings. The molecule has 9 heteroatoms. The minimum Gasteiger partial charge on any atom is -0.355 e. The van der Waals surface area contributed by atoms with Gasteiger partial charge in [0.1, 0.15) is 12.6 Å². The van der Waals surface area contributed by atoms with Crippen molar-refractivity contribution in [2.75, 3.05) is 23.9 Å². The van der Waals surface area contributed by atoms with Crippen LogP contribution in [0, 0.1) is 13.8 Å². The topological polar surface area (TPSA) is 86.8 Å². The van der Waals surface area contributed by atoms with E-state index in [-0.39, 0.29) is 17.3 Å². The van der Waals surface area contributed by atoms with Crippen LogP contribution in [-0.4, -0.2) is 50.8 Å². The Morgan fingerprint density at radius 2 is 1.62 bits per heavy atom. The number of hydrogen-bond donors (Lipinski definition) is 1. The van der Waals surface area contributed by atoms with Crippen molar-refractivity contribution in [3.63, 3.8) is 0 Å². The monoisotopic (exact) mass is 569 g/mol. The Balaban J connectivity index is 2.05. The first-order chi connectivity index (χ1) is 18.6. The van der Waals surface area contributed by atoms with Crippen molar-refractivity contribution in [1.82, 2.24) is 10.2 Å². The van der Waals surface area contributed by atoms with Gasteiger partial charge in [-0.15, -0.1) is 0 Å². The summed E-state index contributed by atoms with van der Waals surface area (Å²) in [5.74, 6) is -0.743. The van der Waals surface area contributed by atoms with E-state index in [4.69, 9.17) is 11.6 Å². The molecule has 0 aliphatic rings. The normalized spacial score (nSPS) is 12.0. The van der Waals surface area contributed by atoms with Crippen molar-refractivity contribution in [2.24, 2.45) is 0 Å². The molecule has 0 bridgehead atoms. The number of anilines is 1. The molecule has 1 N–H and O–H groups in total. The lowest BCUT2D eigenvalue weighted by Crippen LogP contribution is -2.53. The van der Waals surface area contributed by atoms with Crippen molar-refractivity contribution in [3.8, 4) is 0 Å². The van der Waals surface area contributed by atoms with Gasteiger partial charge in [0.25, 0.3) is 10.0 Å². The molecule has 0 spiro atoms. The molecule has 0 saturated heterocycles. The average Bonchev–Trinajstić information content (AvgIpc) is 2.91. The SMILES string of the molecule is CCNC(=O)[C@H](CC)N(CCc1ccccc1)C(=O)CN(c1cc(Cl)ccc1C)S(=O)(=O)c1ccc(C)cc1. The third kappa shape index (κ3) is 7.61. The van der Waals surface area contributed by atoms with Crippen molar-refractivity contribution in [2.45, 2.75) is 51.5 Å². The Labute approximate surface area is 236 Å². The second-order valence-corrected chi connectivity index (χ2v) is 11.7. The molecule has 0 aliphatic heterocycles. The van der Waals surface area contributed by atoms with Crippen molar-refractivity contribution >= 4 is 39.1 Å². The zero-order valence-electron chi connectivity index (χ0n) is 22.9. The lowest BCUT2D eigenvalue weighted by Gasteiger charge is -2.33. The highest BCUT2D eigenvalue weighted by Crippen LogP contribution is 2.30. The molecule has 0 radical (unpaired) electrons. The van der Waals surface area contributed by atoms with Gasteiger partial charge in [-0.05, 0) is 69.0 Å². The number of hydrogen-bond acceptors (Lipinski definition) is 4. The summed E-state index contributed by atoms with van der Waals surface area (Å²) in [6, 6.07) is 20.3. The maximum Gasteiger partial charge on any atom is 0.264 e. The van der Waals surface area contributed by atoms with Crippen LogP contribution in [-0.2, 0) is 26.0 Å². The quantitative estimate of drug-likeness (QED) is 0.327. The number of nitrogens with one attached hydrogen (secondary N) is 1. The smallest absolute Gasteiger partial charge is 0.264 e. The first kappa shape index (κ1) is 30.2. The van der Waals surface area contributed by atoms with Crippen LogP contribution in [0.5, 0.6) is 0 Å². The number of carbonyl (C=O) groups is 2. The van der Waals surface area contributed by atoms with Crippen LogP contribution in [0.3, 0.4) is 0 Å². The largest absolute Gasteiger partial charge is 0.355 e. The zero-order chi connectivity index (χ0) is 28.6. The molecule has 0 aliphatic carbocycles. The van der Waals surface area contributed by atoms with E-state index in [2.05, 4.69) is 5.32 Å². The highest BCUT2D eigenvalue weighted by atomic mass is 35.5. The molecular formula is C30H36ClN3O4S. The average molecular weight is 570 g/mol. The number of halogens is 1. The van der Waals surface area contributed by atoms with Crippen molar-refractivity contribution in [1.29, 1.82) is 0 Å². The van der Waals surface area contributed by atoms with Gasteiger partial charge >= 0.3 is 0 Å². The maximum atomic E-state index is 14.0. The van der Waals surface area contributed by atoms with Gasteiger partial charge < -0.3 is 10.2 Å². The second kappa shape index (κ2) is 13.6. The second-order valence-electron chi connectivity index (χ2n) is 9.40. The van der Waals surface area contributed by atoms with E-state index >= 15 is 0 Å². The van der Waals surface area contributed by atoms with E-state index in [1.54, 1.807) is 37.3 Å². The molecule has 0 aromatic heterocycles. The van der Waals surface area contributed by atoms with Crippen LogP contribution < -0.4 is 9.62 Å². The number of nitrogens with zero attached hydrogens (tertiary/aromatic N) is 2. The molecule has 3 rings (SSSR count). The fourth-order valence-electron chi connectivity index (χ4n) is 4.39. The summed E-state index contributed by atoms with van der Waals surface area (Å²) in [5, 5.41) is 3.16. The van der Waals surface area contributed by atoms with Crippen LogP contribution in [0.1, 0.15) is 37.0 Å². The van der Waals surface area contributed by atoms with Crippen LogP contribution in [0.2, 0.25) is 5.02 Å². The van der Waals surface area contributed by atoms with E-state index < -0.39 is 28.5 Å².